The molecule has 0 bridgehead atoms. The smallest absolute Gasteiger partial charge is 0.261 e. The average molecular weight is 273 g/mol. The molecular formula is C15H15NO2S. The number of rotatable bonds is 4. The molecule has 98 valence electrons. The average Bonchev–Trinajstić information content (AvgIpc) is 3.24. The van der Waals surface area contributed by atoms with Crippen molar-refractivity contribution in [2.45, 2.75) is 23.7 Å². The molecule has 0 unspecified atom stereocenters. The zero-order valence-corrected chi connectivity index (χ0v) is 11.2. The van der Waals surface area contributed by atoms with E-state index in [1.807, 2.05) is 18.2 Å². The standard InChI is InChI=1S/C15H15NO2S/c17-19(18,16-14-4-2-1-3-5-14)15-10-8-13(9-11-15)12-6-7-12/h1-5,8-12,16H,6-7H2. The molecule has 0 heterocycles. The van der Waals surface area contributed by atoms with Gasteiger partial charge in [-0.1, -0.05) is 30.3 Å². The molecule has 2 aromatic rings. The molecule has 3 nitrogen and oxygen atoms in total. The Morgan fingerprint density at radius 1 is 0.895 bits per heavy atom. The Hall–Kier alpha value is -1.81. The van der Waals surface area contributed by atoms with Gasteiger partial charge < -0.3 is 0 Å². The molecule has 0 aromatic heterocycles. The first-order valence-corrected chi connectivity index (χ1v) is 7.81. The zero-order valence-electron chi connectivity index (χ0n) is 10.4. The van der Waals surface area contributed by atoms with Crippen molar-refractivity contribution in [2.75, 3.05) is 4.72 Å². The van der Waals surface area contributed by atoms with Crippen LogP contribution in [0.1, 0.15) is 24.3 Å². The molecule has 0 atom stereocenters. The lowest BCUT2D eigenvalue weighted by atomic mass is 10.1. The molecule has 3 rings (SSSR count). The molecule has 2 aromatic carbocycles. The van der Waals surface area contributed by atoms with Crippen LogP contribution in [-0.2, 0) is 10.0 Å². The third-order valence-corrected chi connectivity index (χ3v) is 4.66. The Kier molecular flexibility index (Phi) is 3.03. The molecule has 0 saturated heterocycles. The highest BCUT2D eigenvalue weighted by Crippen LogP contribution is 2.40. The molecular weight excluding hydrogens is 258 g/mol. The molecule has 0 aliphatic heterocycles. The largest absolute Gasteiger partial charge is 0.280 e. The Morgan fingerprint density at radius 3 is 2.11 bits per heavy atom. The van der Waals surface area contributed by atoms with Crippen LogP contribution in [0, 0.1) is 0 Å². The van der Waals surface area contributed by atoms with Gasteiger partial charge in [-0.3, -0.25) is 4.72 Å². The Morgan fingerprint density at radius 2 is 1.53 bits per heavy atom. The van der Waals surface area contributed by atoms with Crippen LogP contribution in [0.4, 0.5) is 5.69 Å². The van der Waals surface area contributed by atoms with Gasteiger partial charge in [0, 0.05) is 5.69 Å². The van der Waals surface area contributed by atoms with E-state index in [2.05, 4.69) is 4.72 Å². The van der Waals surface area contributed by atoms with Crippen LogP contribution in [0.3, 0.4) is 0 Å². The molecule has 1 aliphatic carbocycles. The van der Waals surface area contributed by atoms with Crippen molar-refractivity contribution >= 4 is 15.7 Å². The summed E-state index contributed by atoms with van der Waals surface area (Å²) in [4.78, 5) is 0.306. The number of hydrogen-bond donors (Lipinski definition) is 1. The molecule has 0 amide bonds. The van der Waals surface area contributed by atoms with E-state index in [0.29, 0.717) is 16.5 Å². The van der Waals surface area contributed by atoms with E-state index in [0.717, 1.165) is 0 Å². The van der Waals surface area contributed by atoms with Gasteiger partial charge in [-0.2, -0.15) is 0 Å². The SMILES string of the molecule is O=S(=O)(Nc1ccccc1)c1ccc(C2CC2)cc1. The summed E-state index contributed by atoms with van der Waals surface area (Å²) in [7, 11) is -3.49. The quantitative estimate of drug-likeness (QED) is 0.928. The lowest BCUT2D eigenvalue weighted by molar-refractivity contribution is 0.601. The highest BCUT2D eigenvalue weighted by molar-refractivity contribution is 7.92. The van der Waals surface area contributed by atoms with Gasteiger partial charge >= 0.3 is 0 Å². The lowest BCUT2D eigenvalue weighted by Crippen LogP contribution is -2.12. The minimum absolute atomic E-state index is 0.306. The number of nitrogens with one attached hydrogen (secondary N) is 1. The van der Waals surface area contributed by atoms with E-state index >= 15 is 0 Å². The van der Waals surface area contributed by atoms with Gasteiger partial charge in [0.05, 0.1) is 4.90 Å². The Labute approximate surface area is 113 Å². The van der Waals surface area contributed by atoms with E-state index in [1.165, 1.54) is 18.4 Å². The van der Waals surface area contributed by atoms with Gasteiger partial charge in [0.15, 0.2) is 0 Å². The predicted octanol–water partition coefficient (Wildman–Crippen LogP) is 3.36. The third kappa shape index (κ3) is 2.79. The molecule has 0 spiro atoms. The second-order valence-electron chi connectivity index (χ2n) is 4.81. The van der Waals surface area contributed by atoms with E-state index in [-0.39, 0.29) is 0 Å². The summed E-state index contributed by atoms with van der Waals surface area (Å²) in [6.45, 7) is 0. The van der Waals surface area contributed by atoms with Gasteiger partial charge in [0.1, 0.15) is 0 Å². The molecule has 1 aliphatic rings. The fourth-order valence-corrected chi connectivity index (χ4v) is 3.11. The molecule has 1 saturated carbocycles. The lowest BCUT2D eigenvalue weighted by Gasteiger charge is -2.08. The van der Waals surface area contributed by atoms with Crippen LogP contribution in [-0.4, -0.2) is 8.42 Å². The van der Waals surface area contributed by atoms with Gasteiger partial charge in [-0.05, 0) is 48.6 Å². The predicted molar refractivity (Wildman–Crippen MR) is 75.7 cm³/mol. The van der Waals surface area contributed by atoms with Crippen LogP contribution >= 0.6 is 0 Å². The first kappa shape index (κ1) is 12.2. The number of benzene rings is 2. The summed E-state index contributed by atoms with van der Waals surface area (Å²) in [6, 6.07) is 16.1. The molecule has 0 radical (unpaired) electrons. The van der Waals surface area contributed by atoms with Crippen molar-refractivity contribution in [2.24, 2.45) is 0 Å². The maximum Gasteiger partial charge on any atom is 0.261 e. The summed E-state index contributed by atoms with van der Waals surface area (Å²) in [6.07, 6.45) is 2.43. The number of para-hydroxylation sites is 1. The van der Waals surface area contributed by atoms with Crippen molar-refractivity contribution in [3.8, 4) is 0 Å². The summed E-state index contributed by atoms with van der Waals surface area (Å²) in [5.41, 5.74) is 1.81. The number of sulfonamides is 1. The second-order valence-corrected chi connectivity index (χ2v) is 6.50. The normalized spacial score (nSPS) is 15.2. The maximum absolute atomic E-state index is 12.2. The summed E-state index contributed by atoms with van der Waals surface area (Å²) >= 11 is 0. The van der Waals surface area contributed by atoms with Crippen LogP contribution in [0.25, 0.3) is 0 Å². The van der Waals surface area contributed by atoms with Gasteiger partial charge in [-0.25, -0.2) is 8.42 Å². The van der Waals surface area contributed by atoms with E-state index in [9.17, 15) is 8.42 Å². The van der Waals surface area contributed by atoms with E-state index < -0.39 is 10.0 Å². The van der Waals surface area contributed by atoms with Crippen LogP contribution in [0.2, 0.25) is 0 Å². The highest BCUT2D eigenvalue weighted by atomic mass is 32.2. The van der Waals surface area contributed by atoms with Crippen LogP contribution < -0.4 is 4.72 Å². The van der Waals surface area contributed by atoms with Crippen molar-refractivity contribution in [3.63, 3.8) is 0 Å². The molecule has 4 heteroatoms. The van der Waals surface area contributed by atoms with Gasteiger partial charge in [-0.15, -0.1) is 0 Å². The number of hydrogen-bond acceptors (Lipinski definition) is 2. The van der Waals surface area contributed by atoms with Crippen molar-refractivity contribution in [3.05, 3.63) is 60.2 Å². The molecule has 1 N–H and O–H groups in total. The van der Waals surface area contributed by atoms with Gasteiger partial charge in [0.25, 0.3) is 10.0 Å². The van der Waals surface area contributed by atoms with E-state index in [4.69, 9.17) is 0 Å². The van der Waals surface area contributed by atoms with Crippen LogP contribution in [0.5, 0.6) is 0 Å². The Balaban J connectivity index is 1.83. The summed E-state index contributed by atoms with van der Waals surface area (Å²) in [5.74, 6) is 0.638. The maximum atomic E-state index is 12.2. The van der Waals surface area contributed by atoms with Crippen LogP contribution in [0.15, 0.2) is 59.5 Å². The van der Waals surface area contributed by atoms with Crippen molar-refractivity contribution in [1.82, 2.24) is 0 Å². The number of anilines is 1. The first-order chi connectivity index (χ1) is 9.15. The van der Waals surface area contributed by atoms with Gasteiger partial charge in [0.2, 0.25) is 0 Å². The minimum atomic E-state index is -3.49. The van der Waals surface area contributed by atoms with Crippen molar-refractivity contribution < 1.29 is 8.42 Å². The summed E-state index contributed by atoms with van der Waals surface area (Å²) in [5, 5.41) is 0. The molecule has 19 heavy (non-hydrogen) atoms. The van der Waals surface area contributed by atoms with E-state index in [1.54, 1.807) is 36.4 Å². The Bertz CT molecular complexity index is 659. The molecule has 1 fully saturated rings. The van der Waals surface area contributed by atoms with Crippen molar-refractivity contribution in [1.29, 1.82) is 0 Å². The topological polar surface area (TPSA) is 46.2 Å². The second kappa shape index (κ2) is 4.70. The third-order valence-electron chi connectivity index (χ3n) is 3.27. The first-order valence-electron chi connectivity index (χ1n) is 6.33. The monoisotopic (exact) mass is 273 g/mol. The highest BCUT2D eigenvalue weighted by Gasteiger charge is 2.24. The fraction of sp³-hybridized carbons (Fsp3) is 0.200. The minimum Gasteiger partial charge on any atom is -0.280 e. The fourth-order valence-electron chi connectivity index (χ4n) is 2.06. The zero-order chi connectivity index (χ0) is 13.3. The summed E-state index contributed by atoms with van der Waals surface area (Å²) < 4.78 is 26.9.